The third-order valence-electron chi connectivity index (χ3n) is 4.99. The molecule has 1 fully saturated rings. The molecular weight excluding hydrogens is 384 g/mol. The number of aromatic nitrogens is 3. The number of hydrogen-bond acceptors (Lipinski definition) is 5. The summed E-state index contributed by atoms with van der Waals surface area (Å²) in [5.74, 6) is 0.419. The van der Waals surface area contributed by atoms with Gasteiger partial charge in [0.15, 0.2) is 0 Å². The van der Waals surface area contributed by atoms with Gasteiger partial charge in [-0.25, -0.2) is 9.19 Å². The molecule has 0 bridgehead atoms. The summed E-state index contributed by atoms with van der Waals surface area (Å²) in [5.41, 5.74) is 2.31. The number of benzene rings is 1. The number of anilines is 2. The lowest BCUT2D eigenvalue weighted by Gasteiger charge is -2.16. The number of hydrogen-bond donors (Lipinski definition) is 1. The van der Waals surface area contributed by atoms with Crippen molar-refractivity contribution in [3.63, 3.8) is 0 Å². The van der Waals surface area contributed by atoms with E-state index in [0.717, 1.165) is 42.3 Å². The molecule has 140 valence electrons. The Morgan fingerprint density at radius 2 is 2.00 bits per heavy atom. The van der Waals surface area contributed by atoms with Gasteiger partial charge in [0.1, 0.15) is 15.7 Å². The largest absolute Gasteiger partial charge is 0.324 e. The first-order chi connectivity index (χ1) is 13.0. The minimum Gasteiger partial charge on any atom is -0.324 e. The van der Waals surface area contributed by atoms with Crippen LogP contribution in [-0.4, -0.2) is 18.7 Å². The Bertz CT molecular complexity index is 1090. The van der Waals surface area contributed by atoms with Gasteiger partial charge in [-0.15, -0.1) is 0 Å². The molecule has 1 aromatic carbocycles. The van der Waals surface area contributed by atoms with Crippen LogP contribution in [-0.2, 0) is 10.0 Å². The van der Waals surface area contributed by atoms with Crippen LogP contribution in [0.4, 0.5) is 11.6 Å². The molecular formula is C19H19ClN4O2S. The lowest BCUT2D eigenvalue weighted by atomic mass is 10.2. The Morgan fingerprint density at radius 3 is 2.70 bits per heavy atom. The number of halogens is 1. The Hall–Kier alpha value is -2.25. The summed E-state index contributed by atoms with van der Waals surface area (Å²) in [6, 6.07) is 8.82. The average Bonchev–Trinajstić information content (AvgIpc) is 3.17. The zero-order valence-corrected chi connectivity index (χ0v) is 16.4. The summed E-state index contributed by atoms with van der Waals surface area (Å²) in [4.78, 5) is 22.0. The van der Waals surface area contributed by atoms with Crippen LogP contribution in [0.15, 0.2) is 46.2 Å². The Balaban J connectivity index is 1.74. The maximum atomic E-state index is 12.5. The van der Waals surface area contributed by atoms with E-state index in [1.807, 2.05) is 11.5 Å². The lowest BCUT2D eigenvalue weighted by Crippen LogP contribution is -2.23. The van der Waals surface area contributed by atoms with Gasteiger partial charge in [-0.05, 0) is 60.3 Å². The normalized spacial score (nSPS) is 15.9. The van der Waals surface area contributed by atoms with Crippen molar-refractivity contribution < 1.29 is 4.21 Å². The van der Waals surface area contributed by atoms with Gasteiger partial charge in [-0.3, -0.25) is 9.36 Å². The predicted octanol–water partition coefficient (Wildman–Crippen LogP) is 4.22. The summed E-state index contributed by atoms with van der Waals surface area (Å²) in [6.45, 7) is 1.89. The molecule has 1 unspecified atom stereocenters. The van der Waals surface area contributed by atoms with Crippen LogP contribution in [0.3, 0.4) is 0 Å². The lowest BCUT2D eigenvalue weighted by molar-refractivity contribution is 0.516. The minimum atomic E-state index is -1.54. The smallest absolute Gasteiger partial charge is 0.252 e. The third kappa shape index (κ3) is 3.61. The molecule has 27 heavy (non-hydrogen) atoms. The third-order valence-corrected chi connectivity index (χ3v) is 6.15. The highest BCUT2D eigenvalue weighted by molar-refractivity contribution is 8.08. The molecule has 0 radical (unpaired) electrons. The Morgan fingerprint density at radius 1 is 1.22 bits per heavy atom. The second kappa shape index (κ2) is 7.40. The maximum absolute atomic E-state index is 12.5. The summed E-state index contributed by atoms with van der Waals surface area (Å²) in [5, 5.41) is 4.03. The molecule has 2 aromatic heterocycles. The van der Waals surface area contributed by atoms with E-state index in [9.17, 15) is 9.00 Å². The van der Waals surface area contributed by atoms with Crippen molar-refractivity contribution in [3.8, 4) is 0 Å². The summed E-state index contributed by atoms with van der Waals surface area (Å²) in [7, 11) is 4.10. The maximum Gasteiger partial charge on any atom is 0.252 e. The van der Waals surface area contributed by atoms with Crippen molar-refractivity contribution in [2.45, 2.75) is 43.5 Å². The molecule has 6 nitrogen and oxygen atoms in total. The highest BCUT2D eigenvalue weighted by atomic mass is 35.7. The van der Waals surface area contributed by atoms with E-state index >= 15 is 0 Å². The van der Waals surface area contributed by atoms with Gasteiger partial charge in [0.05, 0.1) is 4.90 Å². The monoisotopic (exact) mass is 402 g/mol. The molecule has 1 atom stereocenters. The first-order valence-electron chi connectivity index (χ1n) is 8.87. The van der Waals surface area contributed by atoms with E-state index in [1.54, 1.807) is 36.5 Å². The number of nitrogens with zero attached hydrogens (tertiary/aromatic N) is 3. The van der Waals surface area contributed by atoms with Crippen LogP contribution in [0.5, 0.6) is 0 Å². The first-order valence-corrected chi connectivity index (χ1v) is 10.8. The topological polar surface area (TPSA) is 76.9 Å². The molecule has 4 rings (SSSR count). The van der Waals surface area contributed by atoms with Gasteiger partial charge in [0.2, 0.25) is 5.95 Å². The first kappa shape index (κ1) is 18.1. The van der Waals surface area contributed by atoms with Crippen LogP contribution >= 0.6 is 10.7 Å². The second-order valence-corrected chi connectivity index (χ2v) is 8.54. The highest BCUT2D eigenvalue weighted by Crippen LogP contribution is 2.30. The quantitative estimate of drug-likeness (QED) is 0.661. The molecule has 1 aliphatic rings. The van der Waals surface area contributed by atoms with E-state index in [1.165, 1.54) is 0 Å². The van der Waals surface area contributed by atoms with E-state index in [4.69, 9.17) is 10.7 Å². The molecule has 0 aliphatic heterocycles. The molecule has 0 saturated heterocycles. The fourth-order valence-electron chi connectivity index (χ4n) is 3.61. The van der Waals surface area contributed by atoms with Crippen LogP contribution in [0, 0.1) is 6.92 Å². The van der Waals surface area contributed by atoms with Crippen molar-refractivity contribution in [1.29, 1.82) is 0 Å². The minimum absolute atomic E-state index is 0.0239. The van der Waals surface area contributed by atoms with E-state index in [-0.39, 0.29) is 11.6 Å². The molecule has 1 aliphatic carbocycles. The number of aryl methyl sites for hydroxylation is 1. The molecule has 1 N–H and O–H groups in total. The van der Waals surface area contributed by atoms with Crippen molar-refractivity contribution >= 4 is 43.4 Å². The highest BCUT2D eigenvalue weighted by Gasteiger charge is 2.20. The zero-order valence-electron chi connectivity index (χ0n) is 14.8. The van der Waals surface area contributed by atoms with Crippen LogP contribution in [0.25, 0.3) is 11.0 Å². The fraction of sp³-hybridized carbons (Fsp3) is 0.316. The van der Waals surface area contributed by atoms with Gasteiger partial charge in [-0.1, -0.05) is 12.8 Å². The summed E-state index contributed by atoms with van der Waals surface area (Å²) >= 11 is 0. The SMILES string of the molecule is Cc1cc(S(=O)Cl)ccc1Nc1ncc2ccc(=O)n(C3CCCC3)c2n1. The van der Waals surface area contributed by atoms with Gasteiger partial charge in [0.25, 0.3) is 5.56 Å². The Kier molecular flexibility index (Phi) is 4.97. The number of fused-ring (bicyclic) bond motifs is 1. The molecule has 0 amide bonds. The second-order valence-electron chi connectivity index (χ2n) is 6.78. The predicted molar refractivity (Wildman–Crippen MR) is 108 cm³/mol. The van der Waals surface area contributed by atoms with Crippen molar-refractivity contribution in [2.75, 3.05) is 5.32 Å². The van der Waals surface area contributed by atoms with E-state index < -0.39 is 10.0 Å². The standard InChI is InChI=1S/C19H19ClN4O2S/c1-12-10-15(27(20)26)7-8-16(12)22-19-21-11-13-6-9-17(25)24(18(13)23-19)14-4-2-3-5-14/h6-11,14H,2-5H2,1H3,(H,21,22,23). The van der Waals surface area contributed by atoms with Crippen LogP contribution in [0.2, 0.25) is 0 Å². The van der Waals surface area contributed by atoms with Crippen molar-refractivity contribution in [3.05, 3.63) is 52.4 Å². The van der Waals surface area contributed by atoms with Crippen molar-refractivity contribution in [2.24, 2.45) is 0 Å². The number of pyridine rings is 1. The number of rotatable bonds is 4. The molecule has 1 saturated carbocycles. The molecule has 0 spiro atoms. The fourth-order valence-corrected chi connectivity index (χ4v) is 4.34. The van der Waals surface area contributed by atoms with Gasteiger partial charge in [0, 0.05) is 29.4 Å². The number of nitrogens with one attached hydrogen (secondary N) is 1. The molecule has 3 aromatic rings. The van der Waals surface area contributed by atoms with E-state index in [0.29, 0.717) is 16.5 Å². The summed E-state index contributed by atoms with van der Waals surface area (Å²) < 4.78 is 13.2. The van der Waals surface area contributed by atoms with Gasteiger partial charge >= 0.3 is 0 Å². The average molecular weight is 403 g/mol. The van der Waals surface area contributed by atoms with Gasteiger partial charge in [-0.2, -0.15) is 4.98 Å². The van der Waals surface area contributed by atoms with Gasteiger partial charge < -0.3 is 5.32 Å². The van der Waals surface area contributed by atoms with E-state index in [2.05, 4.69) is 15.3 Å². The molecule has 2 heterocycles. The zero-order chi connectivity index (χ0) is 19.0. The Labute approximate surface area is 163 Å². The van der Waals surface area contributed by atoms with Crippen molar-refractivity contribution in [1.82, 2.24) is 14.5 Å². The summed E-state index contributed by atoms with van der Waals surface area (Å²) in [6.07, 6.45) is 6.01. The molecule has 8 heteroatoms. The van der Waals surface area contributed by atoms with Crippen LogP contribution in [0.1, 0.15) is 37.3 Å². The van der Waals surface area contributed by atoms with Crippen LogP contribution < -0.4 is 10.9 Å².